The molecule has 0 saturated carbocycles. The predicted molar refractivity (Wildman–Crippen MR) is 60.0 cm³/mol. The molecule has 0 aliphatic heterocycles. The topological polar surface area (TPSA) is 34.1 Å². The zero-order chi connectivity index (χ0) is 9.68. The van der Waals surface area contributed by atoms with Gasteiger partial charge in [-0.1, -0.05) is 0 Å². The molecule has 5 heteroatoms. The van der Waals surface area contributed by atoms with Crippen LogP contribution in [0.5, 0.6) is 0 Å². The largest absolute Gasteiger partial charge is 0.383 e. The normalized spacial score (nSPS) is 10.1. The number of aromatic nitrogens is 1. The SMILES string of the molecule is COCCNc1cc(Br)cnc1Br. The molecule has 72 valence electrons. The molecule has 0 aliphatic rings. The van der Waals surface area contributed by atoms with Crippen molar-refractivity contribution in [3.8, 4) is 0 Å². The summed E-state index contributed by atoms with van der Waals surface area (Å²) >= 11 is 6.70. The van der Waals surface area contributed by atoms with Crippen molar-refractivity contribution >= 4 is 37.5 Å². The van der Waals surface area contributed by atoms with Crippen molar-refractivity contribution in [1.82, 2.24) is 4.98 Å². The van der Waals surface area contributed by atoms with Crippen molar-refractivity contribution in [1.29, 1.82) is 0 Å². The van der Waals surface area contributed by atoms with Crippen LogP contribution in [0.25, 0.3) is 0 Å². The Hall–Kier alpha value is -0.130. The lowest BCUT2D eigenvalue weighted by molar-refractivity contribution is 0.211. The molecule has 1 rings (SSSR count). The Bertz CT molecular complexity index is 281. The fourth-order valence-electron chi connectivity index (χ4n) is 0.834. The van der Waals surface area contributed by atoms with Gasteiger partial charge in [0.15, 0.2) is 0 Å². The zero-order valence-electron chi connectivity index (χ0n) is 7.18. The van der Waals surface area contributed by atoms with Crippen LogP contribution in [0, 0.1) is 0 Å². The molecule has 0 unspecified atom stereocenters. The standard InChI is InChI=1S/C8H10Br2N2O/c1-13-3-2-11-7-4-6(9)5-12-8(7)10/h4-5,11H,2-3H2,1H3. The van der Waals surface area contributed by atoms with Gasteiger partial charge in [0.2, 0.25) is 0 Å². The summed E-state index contributed by atoms with van der Waals surface area (Å²) in [4.78, 5) is 4.12. The lowest BCUT2D eigenvalue weighted by atomic mass is 10.4. The molecule has 0 atom stereocenters. The highest BCUT2D eigenvalue weighted by atomic mass is 79.9. The van der Waals surface area contributed by atoms with Gasteiger partial charge in [0.1, 0.15) is 4.60 Å². The lowest BCUT2D eigenvalue weighted by Gasteiger charge is -2.07. The van der Waals surface area contributed by atoms with Gasteiger partial charge in [-0.15, -0.1) is 0 Å². The van der Waals surface area contributed by atoms with E-state index in [-0.39, 0.29) is 0 Å². The van der Waals surface area contributed by atoms with E-state index in [4.69, 9.17) is 4.74 Å². The second-order valence-corrected chi connectivity index (χ2v) is 4.08. The molecular weight excluding hydrogens is 300 g/mol. The van der Waals surface area contributed by atoms with Crippen LogP contribution in [-0.2, 0) is 4.74 Å². The highest BCUT2D eigenvalue weighted by Gasteiger charge is 2.00. The maximum Gasteiger partial charge on any atom is 0.129 e. The average molecular weight is 310 g/mol. The summed E-state index contributed by atoms with van der Waals surface area (Å²) in [6, 6.07) is 1.97. The Morgan fingerprint density at radius 3 is 3.00 bits per heavy atom. The molecule has 3 nitrogen and oxygen atoms in total. The van der Waals surface area contributed by atoms with Gasteiger partial charge in [0.05, 0.1) is 12.3 Å². The van der Waals surface area contributed by atoms with Crippen LogP contribution in [0.4, 0.5) is 5.69 Å². The maximum absolute atomic E-state index is 4.92. The summed E-state index contributed by atoms with van der Waals surface area (Å²) in [5.74, 6) is 0. The maximum atomic E-state index is 4.92. The van der Waals surface area contributed by atoms with Crippen molar-refractivity contribution in [2.75, 3.05) is 25.6 Å². The number of pyridine rings is 1. The summed E-state index contributed by atoms with van der Waals surface area (Å²) in [7, 11) is 1.68. The Labute approximate surface area is 94.1 Å². The summed E-state index contributed by atoms with van der Waals surface area (Å²) < 4.78 is 6.69. The Morgan fingerprint density at radius 2 is 2.31 bits per heavy atom. The first-order valence-electron chi connectivity index (χ1n) is 3.78. The highest BCUT2D eigenvalue weighted by molar-refractivity contribution is 9.11. The van der Waals surface area contributed by atoms with Gasteiger partial charge in [-0.2, -0.15) is 0 Å². The van der Waals surface area contributed by atoms with Gasteiger partial charge >= 0.3 is 0 Å². The van der Waals surface area contributed by atoms with E-state index in [1.807, 2.05) is 6.07 Å². The molecule has 13 heavy (non-hydrogen) atoms. The Balaban J connectivity index is 2.59. The molecule has 0 bridgehead atoms. The van der Waals surface area contributed by atoms with Gasteiger partial charge in [0, 0.05) is 24.3 Å². The number of methoxy groups -OCH3 is 1. The summed E-state index contributed by atoms with van der Waals surface area (Å²) in [5, 5.41) is 3.19. The summed E-state index contributed by atoms with van der Waals surface area (Å²) in [5.41, 5.74) is 0.964. The quantitative estimate of drug-likeness (QED) is 0.686. The number of rotatable bonds is 4. The molecule has 0 saturated heterocycles. The third-order valence-corrected chi connectivity index (χ3v) is 2.49. The van der Waals surface area contributed by atoms with Crippen LogP contribution in [0.2, 0.25) is 0 Å². The second kappa shape index (κ2) is 5.57. The van der Waals surface area contributed by atoms with Crippen molar-refractivity contribution in [3.63, 3.8) is 0 Å². The molecule has 0 fully saturated rings. The van der Waals surface area contributed by atoms with Crippen molar-refractivity contribution < 1.29 is 4.74 Å². The first-order chi connectivity index (χ1) is 6.24. The van der Waals surface area contributed by atoms with E-state index < -0.39 is 0 Å². The van der Waals surface area contributed by atoms with Crippen LogP contribution in [-0.4, -0.2) is 25.2 Å². The monoisotopic (exact) mass is 308 g/mol. The van der Waals surface area contributed by atoms with E-state index >= 15 is 0 Å². The van der Waals surface area contributed by atoms with E-state index in [2.05, 4.69) is 42.2 Å². The molecule has 0 aliphatic carbocycles. The Kier molecular flexibility index (Phi) is 4.69. The van der Waals surface area contributed by atoms with Crippen molar-refractivity contribution in [2.45, 2.75) is 0 Å². The number of nitrogens with one attached hydrogen (secondary N) is 1. The highest BCUT2D eigenvalue weighted by Crippen LogP contribution is 2.22. The molecule has 0 radical (unpaired) electrons. The van der Waals surface area contributed by atoms with Crippen molar-refractivity contribution in [3.05, 3.63) is 21.3 Å². The van der Waals surface area contributed by atoms with Gasteiger partial charge in [0.25, 0.3) is 0 Å². The minimum absolute atomic E-state index is 0.680. The number of hydrogen-bond acceptors (Lipinski definition) is 3. The zero-order valence-corrected chi connectivity index (χ0v) is 10.4. The number of hydrogen-bond donors (Lipinski definition) is 1. The van der Waals surface area contributed by atoms with E-state index in [1.54, 1.807) is 13.3 Å². The fraction of sp³-hybridized carbons (Fsp3) is 0.375. The first kappa shape index (κ1) is 10.9. The van der Waals surface area contributed by atoms with E-state index in [1.165, 1.54) is 0 Å². The Morgan fingerprint density at radius 1 is 1.54 bits per heavy atom. The molecular formula is C8H10Br2N2O. The molecule has 0 aromatic carbocycles. The second-order valence-electron chi connectivity index (χ2n) is 2.41. The van der Waals surface area contributed by atoms with Gasteiger partial charge in [-0.3, -0.25) is 0 Å². The van der Waals surface area contributed by atoms with Gasteiger partial charge in [-0.05, 0) is 37.9 Å². The molecule has 1 aromatic heterocycles. The van der Waals surface area contributed by atoms with Gasteiger partial charge in [-0.25, -0.2) is 4.98 Å². The van der Waals surface area contributed by atoms with Gasteiger partial charge < -0.3 is 10.1 Å². The predicted octanol–water partition coefficient (Wildman–Crippen LogP) is 2.66. The van der Waals surface area contributed by atoms with E-state index in [9.17, 15) is 0 Å². The van der Waals surface area contributed by atoms with E-state index in [0.717, 1.165) is 21.3 Å². The smallest absolute Gasteiger partial charge is 0.129 e. The summed E-state index contributed by atoms with van der Waals surface area (Å²) in [6.45, 7) is 1.45. The number of ether oxygens (including phenoxy) is 1. The first-order valence-corrected chi connectivity index (χ1v) is 5.36. The average Bonchev–Trinajstić information content (AvgIpc) is 2.11. The van der Waals surface area contributed by atoms with Crippen LogP contribution in [0.1, 0.15) is 0 Å². The van der Waals surface area contributed by atoms with Crippen molar-refractivity contribution in [2.24, 2.45) is 0 Å². The number of halogens is 2. The molecule has 1 heterocycles. The molecule has 1 aromatic rings. The van der Waals surface area contributed by atoms with Crippen LogP contribution in [0.3, 0.4) is 0 Å². The molecule has 0 spiro atoms. The molecule has 1 N–H and O–H groups in total. The lowest BCUT2D eigenvalue weighted by Crippen LogP contribution is -2.08. The number of anilines is 1. The minimum Gasteiger partial charge on any atom is -0.383 e. The third kappa shape index (κ3) is 3.62. The molecule has 0 amide bonds. The van der Waals surface area contributed by atoms with E-state index in [0.29, 0.717) is 6.61 Å². The van der Waals surface area contributed by atoms with Crippen LogP contribution < -0.4 is 5.32 Å². The van der Waals surface area contributed by atoms with Crippen LogP contribution in [0.15, 0.2) is 21.3 Å². The minimum atomic E-state index is 0.680. The van der Waals surface area contributed by atoms with Crippen LogP contribution >= 0.6 is 31.9 Å². The summed E-state index contributed by atoms with van der Waals surface area (Å²) in [6.07, 6.45) is 1.74. The third-order valence-electron chi connectivity index (χ3n) is 1.43. The number of nitrogens with zero attached hydrogens (tertiary/aromatic N) is 1. The fourth-order valence-corrected chi connectivity index (χ4v) is 1.52.